The number of aliphatic hydroxyl groups excluding tert-OH is 10. The lowest BCUT2D eigenvalue weighted by Gasteiger charge is -2.48. The van der Waals surface area contributed by atoms with E-state index in [4.69, 9.17) is 27.9 Å². The van der Waals surface area contributed by atoms with Crippen molar-refractivity contribution < 1.29 is 105 Å². The van der Waals surface area contributed by atoms with Gasteiger partial charge in [-0.15, -0.1) is 0 Å². The van der Waals surface area contributed by atoms with Gasteiger partial charge < -0.3 is 74.7 Å². The summed E-state index contributed by atoms with van der Waals surface area (Å²) in [5.41, 5.74) is -0.546. The first-order valence-electron chi connectivity index (χ1n) is 16.3. The number of benzene rings is 2. The van der Waals surface area contributed by atoms with E-state index in [1.165, 1.54) is 12.1 Å². The second-order valence-corrected chi connectivity index (χ2v) is 15.7. The lowest BCUT2D eigenvalue weighted by atomic mass is 9.96. The van der Waals surface area contributed by atoms with Crippen molar-refractivity contribution in [3.8, 4) is 0 Å². The average Bonchev–Trinajstić information content (AvgIpc) is 3.16. The van der Waals surface area contributed by atoms with Crippen LogP contribution in [0.4, 0.5) is 0 Å². The molecule has 22 nitrogen and oxygen atoms in total. The second-order valence-electron chi connectivity index (χ2n) is 12.7. The number of rotatable bonds is 13. The SMILES string of the molecule is O=C(c1cccc(S(=O)(=O)O)c1)c1cccc(S(=O)(=O)O[C@H]2[C@@H](O[C@H]3[C@H](O)[C@@H](O)[C@@H](O[C@H]4[C@H](O)[C@@H](O)[C@@H](O)O[C@@H]4CO)O[C@@H]3CO)O[C@H](CO)[C@@H](O)[C@@H]2O)c1. The zero-order chi connectivity index (χ0) is 40.6. The Morgan fingerprint density at radius 3 is 1.62 bits per heavy atom. The minimum absolute atomic E-state index is 0.247. The molecule has 0 aromatic heterocycles. The fourth-order valence-electron chi connectivity index (χ4n) is 6.11. The maximum absolute atomic E-state index is 13.6. The fraction of sp³-hybridized carbons (Fsp3) is 0.581. The Balaban J connectivity index is 1.38. The van der Waals surface area contributed by atoms with Crippen molar-refractivity contribution in [1.29, 1.82) is 0 Å². The highest BCUT2D eigenvalue weighted by atomic mass is 32.2. The van der Waals surface area contributed by atoms with Crippen molar-refractivity contribution in [3.05, 3.63) is 59.7 Å². The molecule has 3 fully saturated rings. The quantitative estimate of drug-likeness (QED) is 0.0509. The first-order chi connectivity index (χ1) is 25.8. The third-order valence-corrected chi connectivity index (χ3v) is 11.2. The highest BCUT2D eigenvalue weighted by Crippen LogP contribution is 2.34. The molecule has 11 N–H and O–H groups in total. The number of aliphatic hydroxyl groups is 10. The molecule has 308 valence electrons. The first-order valence-corrected chi connectivity index (χ1v) is 19.2. The topological polar surface area (TPSA) is 363 Å². The normalized spacial score (nSPS) is 37.4. The molecule has 0 radical (unpaired) electrons. The second kappa shape index (κ2) is 17.4. The summed E-state index contributed by atoms with van der Waals surface area (Å²) in [6.45, 7) is -2.84. The third-order valence-electron chi connectivity index (χ3n) is 9.08. The van der Waals surface area contributed by atoms with E-state index in [0.29, 0.717) is 0 Å². The summed E-state index contributed by atoms with van der Waals surface area (Å²) in [4.78, 5) is 11.9. The molecule has 3 heterocycles. The van der Waals surface area contributed by atoms with Crippen LogP contribution in [0, 0.1) is 0 Å². The van der Waals surface area contributed by atoms with Gasteiger partial charge in [0.05, 0.1) is 29.6 Å². The van der Waals surface area contributed by atoms with E-state index in [9.17, 15) is 77.2 Å². The summed E-state index contributed by atoms with van der Waals surface area (Å²) in [7, 11) is -9.76. The molecular formula is C31H40O22S2. The van der Waals surface area contributed by atoms with Gasteiger partial charge in [-0.05, 0) is 24.3 Å². The molecule has 5 rings (SSSR count). The first kappa shape index (κ1) is 43.5. The maximum atomic E-state index is 13.6. The molecule has 24 heteroatoms. The summed E-state index contributed by atoms with van der Waals surface area (Å²) < 4.78 is 92.0. The third kappa shape index (κ3) is 9.23. The van der Waals surface area contributed by atoms with Gasteiger partial charge in [0, 0.05) is 11.1 Å². The predicted molar refractivity (Wildman–Crippen MR) is 173 cm³/mol. The Bertz CT molecular complexity index is 1860. The minimum atomic E-state index is -5.06. The molecule has 15 atom stereocenters. The van der Waals surface area contributed by atoms with Crippen molar-refractivity contribution in [2.45, 2.75) is 102 Å². The molecule has 0 unspecified atom stereocenters. The van der Waals surface area contributed by atoms with Crippen LogP contribution >= 0.6 is 0 Å². The molecular weight excluding hydrogens is 788 g/mol. The molecule has 0 aliphatic carbocycles. The van der Waals surface area contributed by atoms with E-state index in [1.807, 2.05) is 0 Å². The predicted octanol–water partition coefficient (Wildman–Crippen LogP) is -5.68. The van der Waals surface area contributed by atoms with Gasteiger partial charge in [-0.1, -0.05) is 24.3 Å². The number of ketones is 1. The van der Waals surface area contributed by atoms with Gasteiger partial charge in [0.25, 0.3) is 20.2 Å². The maximum Gasteiger partial charge on any atom is 0.297 e. The smallest absolute Gasteiger partial charge is 0.297 e. The molecule has 0 spiro atoms. The van der Waals surface area contributed by atoms with Gasteiger partial charge in [-0.3, -0.25) is 13.5 Å². The Morgan fingerprint density at radius 2 is 1.05 bits per heavy atom. The number of hydrogen-bond donors (Lipinski definition) is 11. The average molecular weight is 829 g/mol. The lowest BCUT2D eigenvalue weighted by molar-refractivity contribution is -0.376. The standard InChI is InChI=1S/C31H40O22S2/c32-9-16-20(36)21(37)28(53-55(46,47)15-6-2-4-13(8-15)19(35)12-3-1-5-14(7-12)54(43,44)45)31(49-16)52-27-18(11-34)50-30(25(41)23(27)39)51-26-17(10-33)48-29(42)24(40)22(26)38/h1-8,16-18,20-34,36-42H,9-11H2,(H,43,44,45)/t16-,17-,18-,20-,21+,22-,23-,24-,25-,26-,27-,28-,29+,30-,31-/m1/s1. The lowest BCUT2D eigenvalue weighted by Crippen LogP contribution is -2.66. The molecule has 55 heavy (non-hydrogen) atoms. The number of carbonyl (C=O) groups excluding carboxylic acids is 1. The van der Waals surface area contributed by atoms with Crippen LogP contribution in [0.1, 0.15) is 15.9 Å². The zero-order valence-corrected chi connectivity index (χ0v) is 29.8. The summed E-state index contributed by atoms with van der Waals surface area (Å²) in [5, 5.41) is 103. The van der Waals surface area contributed by atoms with E-state index in [2.05, 4.69) is 0 Å². The molecule has 3 aliphatic rings. The van der Waals surface area contributed by atoms with Crippen molar-refractivity contribution in [2.75, 3.05) is 19.8 Å². The van der Waals surface area contributed by atoms with Crippen LogP contribution in [0.15, 0.2) is 58.3 Å². The molecule has 2 aromatic carbocycles. The zero-order valence-electron chi connectivity index (χ0n) is 28.1. The molecule has 0 amide bonds. The van der Waals surface area contributed by atoms with Crippen LogP contribution in [0.5, 0.6) is 0 Å². The van der Waals surface area contributed by atoms with E-state index in [-0.39, 0.29) is 11.1 Å². The highest BCUT2D eigenvalue weighted by molar-refractivity contribution is 7.86. The summed E-state index contributed by atoms with van der Waals surface area (Å²) in [6, 6.07) is 8.36. The molecule has 2 aromatic rings. The Kier molecular flexibility index (Phi) is 13.8. The van der Waals surface area contributed by atoms with Crippen molar-refractivity contribution in [3.63, 3.8) is 0 Å². The van der Waals surface area contributed by atoms with E-state index < -0.39 is 148 Å². The summed E-state index contributed by atoms with van der Waals surface area (Å²) in [6.07, 6.45) is -28.9. The minimum Gasteiger partial charge on any atom is -0.394 e. The van der Waals surface area contributed by atoms with E-state index in [1.54, 1.807) is 0 Å². The number of carbonyl (C=O) groups is 1. The molecule has 3 aliphatic heterocycles. The van der Waals surface area contributed by atoms with E-state index in [0.717, 1.165) is 36.4 Å². The number of ether oxygens (including phenoxy) is 5. The van der Waals surface area contributed by atoms with Crippen LogP contribution in [0.2, 0.25) is 0 Å². The van der Waals surface area contributed by atoms with Crippen LogP contribution < -0.4 is 0 Å². The fourth-order valence-corrected chi connectivity index (χ4v) is 7.76. The van der Waals surface area contributed by atoms with Crippen molar-refractivity contribution in [1.82, 2.24) is 0 Å². The van der Waals surface area contributed by atoms with Gasteiger partial charge in [-0.2, -0.15) is 16.8 Å². The highest BCUT2D eigenvalue weighted by Gasteiger charge is 2.54. The summed E-state index contributed by atoms with van der Waals surface area (Å²) in [5.74, 6) is -0.876. The largest absolute Gasteiger partial charge is 0.394 e. The molecule has 0 saturated carbocycles. The van der Waals surface area contributed by atoms with Gasteiger partial charge in [0.1, 0.15) is 67.1 Å². The molecule has 3 saturated heterocycles. The van der Waals surface area contributed by atoms with Gasteiger partial charge in [0.2, 0.25) is 0 Å². The van der Waals surface area contributed by atoms with Crippen molar-refractivity contribution in [2.24, 2.45) is 0 Å². The van der Waals surface area contributed by atoms with Crippen LogP contribution in [-0.4, -0.2) is 190 Å². The Morgan fingerprint density at radius 1 is 0.582 bits per heavy atom. The van der Waals surface area contributed by atoms with Crippen molar-refractivity contribution >= 4 is 26.0 Å². The van der Waals surface area contributed by atoms with Gasteiger partial charge in [-0.25, -0.2) is 0 Å². The van der Waals surface area contributed by atoms with E-state index >= 15 is 0 Å². The molecule has 0 bridgehead atoms. The summed E-state index contributed by atoms with van der Waals surface area (Å²) >= 11 is 0. The Labute approximate surface area is 312 Å². The van der Waals surface area contributed by atoms with Gasteiger partial charge in [0.15, 0.2) is 30.8 Å². The Hall–Kier alpha value is -2.67. The number of hydrogen-bond acceptors (Lipinski definition) is 21. The van der Waals surface area contributed by atoms with Crippen LogP contribution in [0.3, 0.4) is 0 Å². The van der Waals surface area contributed by atoms with Crippen LogP contribution in [-0.2, 0) is 48.1 Å². The van der Waals surface area contributed by atoms with Crippen LogP contribution in [0.25, 0.3) is 0 Å². The van der Waals surface area contributed by atoms with Gasteiger partial charge >= 0.3 is 0 Å². The monoisotopic (exact) mass is 828 g/mol.